The predicted octanol–water partition coefficient (Wildman–Crippen LogP) is 0.849. The fourth-order valence-corrected chi connectivity index (χ4v) is 3.48. The molecule has 7 heteroatoms. The first-order chi connectivity index (χ1) is 10.0. The van der Waals surface area contributed by atoms with E-state index in [1.54, 1.807) is 17.0 Å². The van der Waals surface area contributed by atoms with E-state index >= 15 is 0 Å². The Bertz CT molecular complexity index is 658. The SMILES string of the molecule is N#Cc1ccccc1S(=O)(=O)NCCC(=O)N1CCCC1. The second kappa shape index (κ2) is 6.70. The molecule has 21 heavy (non-hydrogen) atoms. The van der Waals surface area contributed by atoms with Crippen molar-refractivity contribution in [1.82, 2.24) is 9.62 Å². The molecule has 0 aromatic heterocycles. The largest absolute Gasteiger partial charge is 0.343 e. The molecule has 1 N–H and O–H groups in total. The van der Waals surface area contributed by atoms with Gasteiger partial charge in [0.2, 0.25) is 15.9 Å². The van der Waals surface area contributed by atoms with E-state index < -0.39 is 10.0 Å². The van der Waals surface area contributed by atoms with Crippen molar-refractivity contribution in [1.29, 1.82) is 5.26 Å². The van der Waals surface area contributed by atoms with E-state index in [-0.39, 0.29) is 29.3 Å². The average molecular weight is 307 g/mol. The van der Waals surface area contributed by atoms with Gasteiger partial charge in [-0.15, -0.1) is 0 Å². The summed E-state index contributed by atoms with van der Waals surface area (Å²) in [5.41, 5.74) is 0.0934. The molecule has 0 unspecified atom stereocenters. The minimum Gasteiger partial charge on any atom is -0.343 e. The Morgan fingerprint density at radius 1 is 1.29 bits per heavy atom. The predicted molar refractivity (Wildman–Crippen MR) is 76.8 cm³/mol. The first kappa shape index (κ1) is 15.5. The molecule has 0 bridgehead atoms. The number of rotatable bonds is 5. The average Bonchev–Trinajstić information content (AvgIpc) is 3.01. The molecule has 0 spiro atoms. The highest BCUT2D eigenvalue weighted by molar-refractivity contribution is 7.89. The van der Waals surface area contributed by atoms with Crippen molar-refractivity contribution in [2.24, 2.45) is 0 Å². The highest BCUT2D eigenvalue weighted by atomic mass is 32.2. The molecule has 0 atom stereocenters. The second-order valence-corrected chi connectivity index (χ2v) is 6.58. The number of benzene rings is 1. The molecule has 1 aromatic carbocycles. The van der Waals surface area contributed by atoms with Crippen LogP contribution in [0, 0.1) is 11.3 Å². The maximum Gasteiger partial charge on any atom is 0.241 e. The lowest BCUT2D eigenvalue weighted by molar-refractivity contribution is -0.129. The van der Waals surface area contributed by atoms with E-state index in [9.17, 15) is 13.2 Å². The molecule has 0 radical (unpaired) electrons. The van der Waals surface area contributed by atoms with Gasteiger partial charge in [-0.05, 0) is 25.0 Å². The van der Waals surface area contributed by atoms with Crippen LogP contribution in [0.5, 0.6) is 0 Å². The highest BCUT2D eigenvalue weighted by Gasteiger charge is 2.20. The Kier molecular flexibility index (Phi) is 4.94. The molecule has 1 aliphatic rings. The molecule has 0 aliphatic carbocycles. The Morgan fingerprint density at radius 2 is 1.95 bits per heavy atom. The Labute approximate surface area is 124 Å². The van der Waals surface area contributed by atoms with Crippen molar-refractivity contribution in [3.8, 4) is 6.07 Å². The topological polar surface area (TPSA) is 90.3 Å². The number of hydrogen-bond acceptors (Lipinski definition) is 4. The van der Waals surface area contributed by atoms with Gasteiger partial charge in [-0.3, -0.25) is 4.79 Å². The molecular weight excluding hydrogens is 290 g/mol. The summed E-state index contributed by atoms with van der Waals surface area (Å²) in [6, 6.07) is 7.84. The fourth-order valence-electron chi connectivity index (χ4n) is 2.29. The maximum absolute atomic E-state index is 12.1. The zero-order chi connectivity index (χ0) is 15.3. The quantitative estimate of drug-likeness (QED) is 0.873. The van der Waals surface area contributed by atoms with Gasteiger partial charge in [0.05, 0.1) is 10.5 Å². The third-order valence-electron chi connectivity index (χ3n) is 3.39. The molecule has 0 saturated carbocycles. The number of carbonyl (C=O) groups excluding carboxylic acids is 1. The van der Waals surface area contributed by atoms with Crippen molar-refractivity contribution >= 4 is 15.9 Å². The van der Waals surface area contributed by atoms with Crippen LogP contribution >= 0.6 is 0 Å². The summed E-state index contributed by atoms with van der Waals surface area (Å²) >= 11 is 0. The van der Waals surface area contributed by atoms with Gasteiger partial charge >= 0.3 is 0 Å². The standard InChI is InChI=1S/C14H17N3O3S/c15-11-12-5-1-2-6-13(12)21(19,20)16-8-7-14(18)17-9-3-4-10-17/h1-2,5-6,16H,3-4,7-10H2. The Hall–Kier alpha value is -1.91. The fraction of sp³-hybridized carbons (Fsp3) is 0.429. The zero-order valence-corrected chi connectivity index (χ0v) is 12.4. The third kappa shape index (κ3) is 3.80. The van der Waals surface area contributed by atoms with Crippen molar-refractivity contribution in [2.45, 2.75) is 24.2 Å². The van der Waals surface area contributed by atoms with Crippen molar-refractivity contribution in [3.63, 3.8) is 0 Å². The maximum atomic E-state index is 12.1. The summed E-state index contributed by atoms with van der Waals surface area (Å²) in [4.78, 5) is 13.5. The van der Waals surface area contributed by atoms with E-state index in [2.05, 4.69) is 4.72 Å². The third-order valence-corrected chi connectivity index (χ3v) is 4.91. The highest BCUT2D eigenvalue weighted by Crippen LogP contribution is 2.14. The smallest absolute Gasteiger partial charge is 0.241 e. The van der Waals surface area contributed by atoms with E-state index in [0.29, 0.717) is 0 Å². The number of sulfonamides is 1. The molecule has 1 heterocycles. The first-order valence-corrected chi connectivity index (χ1v) is 8.29. The summed E-state index contributed by atoms with van der Waals surface area (Å²) in [6.45, 7) is 1.54. The van der Waals surface area contributed by atoms with Crippen molar-refractivity contribution in [3.05, 3.63) is 29.8 Å². The lowest BCUT2D eigenvalue weighted by atomic mass is 10.2. The Balaban J connectivity index is 1.95. The van der Waals surface area contributed by atoms with Crippen LogP contribution in [0.3, 0.4) is 0 Å². The molecule has 1 fully saturated rings. The minimum absolute atomic E-state index is 0.0382. The van der Waals surface area contributed by atoms with Crippen LogP contribution in [0.4, 0.5) is 0 Å². The van der Waals surface area contributed by atoms with Gasteiger partial charge in [-0.2, -0.15) is 5.26 Å². The monoisotopic (exact) mass is 307 g/mol. The van der Waals surface area contributed by atoms with Gasteiger partial charge in [-0.1, -0.05) is 12.1 Å². The van der Waals surface area contributed by atoms with Gasteiger partial charge in [0.15, 0.2) is 0 Å². The number of nitrogens with zero attached hydrogens (tertiary/aromatic N) is 2. The van der Waals surface area contributed by atoms with Crippen LogP contribution in [0.1, 0.15) is 24.8 Å². The molecule has 1 aliphatic heterocycles. The van der Waals surface area contributed by atoms with E-state index in [0.717, 1.165) is 25.9 Å². The van der Waals surface area contributed by atoms with Gasteiger partial charge in [0, 0.05) is 26.1 Å². The van der Waals surface area contributed by atoms with Crippen LogP contribution in [-0.2, 0) is 14.8 Å². The van der Waals surface area contributed by atoms with E-state index in [1.165, 1.54) is 12.1 Å². The van der Waals surface area contributed by atoms with Crippen LogP contribution in [0.2, 0.25) is 0 Å². The normalized spacial score (nSPS) is 14.9. The van der Waals surface area contributed by atoms with Crippen molar-refractivity contribution < 1.29 is 13.2 Å². The van der Waals surface area contributed by atoms with Crippen LogP contribution in [-0.4, -0.2) is 38.9 Å². The van der Waals surface area contributed by atoms with Crippen LogP contribution in [0.15, 0.2) is 29.2 Å². The van der Waals surface area contributed by atoms with E-state index in [4.69, 9.17) is 5.26 Å². The van der Waals surface area contributed by atoms with Gasteiger partial charge in [-0.25, -0.2) is 13.1 Å². The molecule has 112 valence electrons. The molecule has 1 saturated heterocycles. The lowest BCUT2D eigenvalue weighted by Crippen LogP contribution is -2.32. The van der Waals surface area contributed by atoms with Gasteiger partial charge in [0.1, 0.15) is 6.07 Å². The summed E-state index contributed by atoms with van der Waals surface area (Å²) in [5.74, 6) is -0.0382. The van der Waals surface area contributed by atoms with Crippen LogP contribution < -0.4 is 4.72 Å². The number of likely N-dealkylation sites (tertiary alicyclic amines) is 1. The van der Waals surface area contributed by atoms with Crippen LogP contribution in [0.25, 0.3) is 0 Å². The minimum atomic E-state index is -3.77. The van der Waals surface area contributed by atoms with Gasteiger partial charge in [0.25, 0.3) is 0 Å². The summed E-state index contributed by atoms with van der Waals surface area (Å²) < 4.78 is 26.6. The van der Waals surface area contributed by atoms with Crippen molar-refractivity contribution in [2.75, 3.05) is 19.6 Å². The summed E-state index contributed by atoms with van der Waals surface area (Å²) in [6.07, 6.45) is 2.15. The molecule has 2 rings (SSSR count). The number of hydrogen-bond donors (Lipinski definition) is 1. The molecular formula is C14H17N3O3S. The second-order valence-electron chi connectivity index (χ2n) is 4.84. The summed E-state index contributed by atoms with van der Waals surface area (Å²) in [5, 5.41) is 8.94. The first-order valence-electron chi connectivity index (χ1n) is 6.81. The zero-order valence-electron chi connectivity index (χ0n) is 11.6. The lowest BCUT2D eigenvalue weighted by Gasteiger charge is -2.15. The molecule has 6 nitrogen and oxygen atoms in total. The summed E-state index contributed by atoms with van der Waals surface area (Å²) in [7, 11) is -3.77. The van der Waals surface area contributed by atoms with E-state index in [1.807, 2.05) is 6.07 Å². The number of carbonyl (C=O) groups is 1. The molecule has 1 amide bonds. The number of nitrogens with one attached hydrogen (secondary N) is 1. The number of nitriles is 1. The molecule has 1 aromatic rings. The number of amides is 1. The van der Waals surface area contributed by atoms with Gasteiger partial charge < -0.3 is 4.90 Å². The Morgan fingerprint density at radius 3 is 2.62 bits per heavy atom.